The largest absolute Gasteiger partial charge is 0.465 e. The van der Waals surface area contributed by atoms with E-state index in [1.54, 1.807) is 36.7 Å². The van der Waals surface area contributed by atoms with Crippen molar-refractivity contribution in [2.75, 3.05) is 0 Å². The summed E-state index contributed by atoms with van der Waals surface area (Å²) in [5, 5.41) is 20.0. The number of aromatic amines is 1. The van der Waals surface area contributed by atoms with Gasteiger partial charge in [0, 0.05) is 18.8 Å². The van der Waals surface area contributed by atoms with E-state index < -0.39 is 12.1 Å². The highest BCUT2D eigenvalue weighted by atomic mass is 16.4. The molecule has 0 bridgehead atoms. The van der Waals surface area contributed by atoms with Gasteiger partial charge in [0.05, 0.1) is 17.7 Å². The molecule has 1 atom stereocenters. The van der Waals surface area contributed by atoms with Gasteiger partial charge in [0.15, 0.2) is 0 Å². The molecule has 19 heavy (non-hydrogen) atoms. The molecule has 0 aliphatic heterocycles. The van der Waals surface area contributed by atoms with Crippen molar-refractivity contribution in [2.45, 2.75) is 12.5 Å². The molecule has 1 aromatic heterocycles. The summed E-state index contributed by atoms with van der Waals surface area (Å²) < 4.78 is 0. The lowest BCUT2D eigenvalue weighted by Crippen LogP contribution is -2.29. The molecule has 0 aliphatic carbocycles. The molecule has 96 valence electrons. The van der Waals surface area contributed by atoms with E-state index >= 15 is 0 Å². The summed E-state index contributed by atoms with van der Waals surface area (Å²) in [7, 11) is 0. The van der Waals surface area contributed by atoms with Crippen LogP contribution < -0.4 is 5.32 Å². The van der Waals surface area contributed by atoms with Crippen molar-refractivity contribution in [1.29, 1.82) is 5.26 Å². The van der Waals surface area contributed by atoms with E-state index in [4.69, 9.17) is 10.4 Å². The first-order chi connectivity index (χ1) is 9.19. The van der Waals surface area contributed by atoms with E-state index in [0.29, 0.717) is 17.8 Å². The first-order valence-electron chi connectivity index (χ1n) is 5.67. The molecule has 0 unspecified atom stereocenters. The minimum atomic E-state index is -1.10. The van der Waals surface area contributed by atoms with Gasteiger partial charge in [-0.15, -0.1) is 0 Å². The number of nitrogens with zero attached hydrogens (tertiary/aromatic N) is 2. The minimum Gasteiger partial charge on any atom is -0.465 e. The van der Waals surface area contributed by atoms with Crippen molar-refractivity contribution >= 4 is 6.09 Å². The van der Waals surface area contributed by atoms with Gasteiger partial charge in [-0.2, -0.15) is 5.26 Å². The molecular formula is C13H12N4O2. The number of H-pyrrole nitrogens is 1. The number of nitrogens with one attached hydrogen (secondary N) is 2. The Bertz CT molecular complexity index is 584. The minimum absolute atomic E-state index is 0.444. The number of carboxylic acid groups (broad SMARTS) is 1. The van der Waals surface area contributed by atoms with Crippen molar-refractivity contribution in [3.8, 4) is 6.07 Å². The summed E-state index contributed by atoms with van der Waals surface area (Å²) in [6, 6.07) is 8.61. The molecule has 6 heteroatoms. The van der Waals surface area contributed by atoms with Crippen molar-refractivity contribution in [3.63, 3.8) is 0 Å². The van der Waals surface area contributed by atoms with Crippen LogP contribution in [0.2, 0.25) is 0 Å². The van der Waals surface area contributed by atoms with E-state index in [1.165, 1.54) is 0 Å². The van der Waals surface area contributed by atoms with Crippen LogP contribution in [0.5, 0.6) is 0 Å². The Kier molecular flexibility index (Phi) is 3.78. The smallest absolute Gasteiger partial charge is 0.405 e. The SMILES string of the molecule is N#Cc1ccc(C[C@@H](NC(=O)O)c2ncc[nH]2)cc1. The average Bonchev–Trinajstić information content (AvgIpc) is 2.92. The molecule has 0 aliphatic rings. The Morgan fingerprint density at radius 3 is 2.74 bits per heavy atom. The molecule has 0 saturated heterocycles. The zero-order valence-electron chi connectivity index (χ0n) is 10.00. The topological polar surface area (TPSA) is 102 Å². The molecule has 0 saturated carbocycles. The van der Waals surface area contributed by atoms with Crippen molar-refractivity contribution in [1.82, 2.24) is 15.3 Å². The number of aromatic nitrogens is 2. The lowest BCUT2D eigenvalue weighted by molar-refractivity contribution is 0.189. The van der Waals surface area contributed by atoms with E-state index in [2.05, 4.69) is 15.3 Å². The maximum absolute atomic E-state index is 10.8. The summed E-state index contributed by atoms with van der Waals surface area (Å²) in [5.74, 6) is 0.562. The van der Waals surface area contributed by atoms with Crippen molar-refractivity contribution in [2.24, 2.45) is 0 Å². The van der Waals surface area contributed by atoms with Gasteiger partial charge in [-0.25, -0.2) is 9.78 Å². The van der Waals surface area contributed by atoms with Crippen LogP contribution in [0.4, 0.5) is 4.79 Å². The quantitative estimate of drug-likeness (QED) is 0.776. The molecule has 0 fully saturated rings. The highest BCUT2D eigenvalue weighted by Gasteiger charge is 2.16. The number of imidazole rings is 1. The van der Waals surface area contributed by atoms with Gasteiger partial charge in [0.25, 0.3) is 0 Å². The second kappa shape index (κ2) is 5.69. The van der Waals surface area contributed by atoms with E-state index in [0.717, 1.165) is 5.56 Å². The fourth-order valence-corrected chi connectivity index (χ4v) is 1.78. The molecule has 6 nitrogen and oxygen atoms in total. The maximum Gasteiger partial charge on any atom is 0.405 e. The predicted molar refractivity (Wildman–Crippen MR) is 67.4 cm³/mol. The lowest BCUT2D eigenvalue weighted by Gasteiger charge is -2.14. The second-order valence-electron chi connectivity index (χ2n) is 3.99. The summed E-state index contributed by atoms with van der Waals surface area (Å²) in [5.41, 5.74) is 1.50. The third-order valence-electron chi connectivity index (χ3n) is 2.67. The molecular weight excluding hydrogens is 244 g/mol. The van der Waals surface area contributed by atoms with Gasteiger partial charge in [0.1, 0.15) is 5.82 Å². The molecule has 2 rings (SSSR count). The molecule has 2 aromatic rings. The van der Waals surface area contributed by atoms with Gasteiger partial charge in [-0.1, -0.05) is 12.1 Å². The molecule has 0 spiro atoms. The lowest BCUT2D eigenvalue weighted by atomic mass is 10.0. The Morgan fingerprint density at radius 2 is 2.21 bits per heavy atom. The van der Waals surface area contributed by atoms with Gasteiger partial charge in [0.2, 0.25) is 0 Å². The normalized spacial score (nSPS) is 11.5. The van der Waals surface area contributed by atoms with Crippen LogP contribution in [0.3, 0.4) is 0 Å². The predicted octanol–water partition coefficient (Wildman–Crippen LogP) is 1.83. The number of carbonyl (C=O) groups is 1. The molecule has 1 heterocycles. The first-order valence-corrected chi connectivity index (χ1v) is 5.67. The highest BCUT2D eigenvalue weighted by Crippen LogP contribution is 2.15. The number of rotatable bonds is 4. The standard InChI is InChI=1S/C13H12N4O2/c14-8-10-3-1-9(2-4-10)7-11(17-13(18)19)12-15-5-6-16-12/h1-6,11,17H,7H2,(H,15,16)(H,18,19)/t11-/m1/s1. The van der Waals surface area contributed by atoms with Crippen molar-refractivity contribution in [3.05, 3.63) is 53.6 Å². The number of hydrogen-bond acceptors (Lipinski definition) is 3. The number of benzene rings is 1. The van der Waals surface area contributed by atoms with Gasteiger partial charge in [-0.05, 0) is 17.7 Å². The zero-order valence-corrected chi connectivity index (χ0v) is 10.00. The fraction of sp³-hybridized carbons (Fsp3) is 0.154. The van der Waals surface area contributed by atoms with Gasteiger partial charge in [-0.3, -0.25) is 0 Å². The molecule has 3 N–H and O–H groups in total. The van der Waals surface area contributed by atoms with Crippen LogP contribution in [0.1, 0.15) is 23.0 Å². The Balaban J connectivity index is 2.15. The summed E-state index contributed by atoms with van der Waals surface area (Å²) >= 11 is 0. The zero-order chi connectivity index (χ0) is 13.7. The fourth-order valence-electron chi connectivity index (χ4n) is 1.78. The van der Waals surface area contributed by atoms with E-state index in [1.807, 2.05) is 6.07 Å². The number of hydrogen-bond donors (Lipinski definition) is 3. The van der Waals surface area contributed by atoms with Crippen LogP contribution in [0.15, 0.2) is 36.7 Å². The average molecular weight is 256 g/mol. The van der Waals surface area contributed by atoms with E-state index in [9.17, 15) is 4.79 Å². The van der Waals surface area contributed by atoms with Crippen LogP contribution in [0, 0.1) is 11.3 Å². The van der Waals surface area contributed by atoms with Crippen LogP contribution in [0.25, 0.3) is 0 Å². The van der Waals surface area contributed by atoms with Gasteiger partial charge < -0.3 is 15.4 Å². The summed E-state index contributed by atoms with van der Waals surface area (Å²) in [4.78, 5) is 17.8. The Morgan fingerprint density at radius 1 is 1.47 bits per heavy atom. The molecule has 0 radical (unpaired) electrons. The van der Waals surface area contributed by atoms with Crippen LogP contribution >= 0.6 is 0 Å². The Hall–Kier alpha value is -2.81. The number of amides is 1. The monoisotopic (exact) mass is 256 g/mol. The summed E-state index contributed by atoms with van der Waals surface area (Å²) in [6.07, 6.45) is 2.58. The summed E-state index contributed by atoms with van der Waals surface area (Å²) in [6.45, 7) is 0. The van der Waals surface area contributed by atoms with Crippen LogP contribution in [-0.4, -0.2) is 21.2 Å². The van der Waals surface area contributed by atoms with Crippen LogP contribution in [-0.2, 0) is 6.42 Å². The molecule has 1 aromatic carbocycles. The Labute approximate surface area is 109 Å². The molecule has 1 amide bonds. The van der Waals surface area contributed by atoms with E-state index in [-0.39, 0.29) is 0 Å². The first kappa shape index (κ1) is 12.6. The third kappa shape index (κ3) is 3.33. The second-order valence-corrected chi connectivity index (χ2v) is 3.99. The number of nitriles is 1. The third-order valence-corrected chi connectivity index (χ3v) is 2.67. The highest BCUT2D eigenvalue weighted by molar-refractivity contribution is 5.65. The van der Waals surface area contributed by atoms with Crippen molar-refractivity contribution < 1.29 is 9.90 Å². The maximum atomic E-state index is 10.8. The van der Waals surface area contributed by atoms with Gasteiger partial charge >= 0.3 is 6.09 Å².